The van der Waals surface area contributed by atoms with Crippen molar-refractivity contribution in [2.45, 2.75) is 25.1 Å². The van der Waals surface area contributed by atoms with Gasteiger partial charge in [-0.1, -0.05) is 59.6 Å². The zero-order valence-electron chi connectivity index (χ0n) is 18.3. The van der Waals surface area contributed by atoms with Crippen molar-refractivity contribution in [1.29, 1.82) is 0 Å². The van der Waals surface area contributed by atoms with Crippen LogP contribution in [0.5, 0.6) is 0 Å². The van der Waals surface area contributed by atoms with E-state index in [0.29, 0.717) is 28.7 Å². The number of carbonyl (C=O) groups is 1. The van der Waals surface area contributed by atoms with Gasteiger partial charge >= 0.3 is 0 Å². The number of benzene rings is 3. The van der Waals surface area contributed by atoms with E-state index in [1.54, 1.807) is 6.92 Å². The van der Waals surface area contributed by atoms with Crippen LogP contribution in [-0.4, -0.2) is 41.5 Å². The molecule has 2 unspecified atom stereocenters. The summed E-state index contributed by atoms with van der Waals surface area (Å²) >= 11 is 12.2. The minimum absolute atomic E-state index is 0.0580. The number of aliphatic hydroxyl groups is 1. The second-order valence-electron chi connectivity index (χ2n) is 8.83. The molecular weight excluding hydrogens is 443 g/mol. The van der Waals surface area contributed by atoms with E-state index in [1.807, 2.05) is 90.6 Å². The Balaban J connectivity index is 1.77. The van der Waals surface area contributed by atoms with E-state index < -0.39 is 5.60 Å². The lowest BCUT2D eigenvalue weighted by Crippen LogP contribution is -2.34. The first-order valence-electron chi connectivity index (χ1n) is 10.5. The van der Waals surface area contributed by atoms with E-state index in [0.717, 1.165) is 22.3 Å². The lowest BCUT2D eigenvalue weighted by atomic mass is 9.90. The number of hydrogen-bond acceptors (Lipinski definition) is 3. The van der Waals surface area contributed by atoms with E-state index in [2.05, 4.69) is 0 Å². The number of nitrogens with zero attached hydrogens (tertiary/aromatic N) is 2. The molecule has 0 saturated heterocycles. The molecular formula is C26H26Cl2N2O2. The molecule has 0 spiro atoms. The topological polar surface area (TPSA) is 43.8 Å². The number of hydrogen-bond donors (Lipinski definition) is 1. The van der Waals surface area contributed by atoms with Crippen molar-refractivity contribution in [2.75, 3.05) is 20.6 Å². The fourth-order valence-corrected chi connectivity index (χ4v) is 4.67. The van der Waals surface area contributed by atoms with Crippen molar-refractivity contribution in [1.82, 2.24) is 9.80 Å². The Morgan fingerprint density at radius 2 is 1.56 bits per heavy atom. The Kier molecular flexibility index (Phi) is 6.33. The number of likely N-dealkylation sites (N-methyl/N-ethyl adjacent to an activating group) is 1. The highest BCUT2D eigenvalue weighted by atomic mass is 35.5. The molecule has 1 aliphatic rings. The van der Waals surface area contributed by atoms with Gasteiger partial charge in [-0.05, 0) is 73.6 Å². The van der Waals surface area contributed by atoms with Gasteiger partial charge in [-0.15, -0.1) is 0 Å². The monoisotopic (exact) mass is 468 g/mol. The molecule has 1 aliphatic heterocycles. The van der Waals surface area contributed by atoms with E-state index in [-0.39, 0.29) is 11.9 Å². The molecule has 166 valence electrons. The Bertz CT molecular complexity index is 1130. The van der Waals surface area contributed by atoms with Crippen LogP contribution in [0, 0.1) is 0 Å². The average Bonchev–Trinajstić information content (AvgIpc) is 3.01. The number of carbonyl (C=O) groups excluding carboxylic acids is 1. The molecule has 4 rings (SSSR count). The fraction of sp³-hybridized carbons (Fsp3) is 0.269. The standard InChI is InChI=1S/C26H26Cl2N2O2/c1-26(32,16-29(2)3)19-8-13-22-23(14-19)25(31)30(15-17-4-9-20(27)10-5-17)24(22)18-6-11-21(28)12-7-18/h4-14,24,32H,15-16H2,1-3H3. The maximum absolute atomic E-state index is 13.6. The predicted molar refractivity (Wildman–Crippen MR) is 129 cm³/mol. The van der Waals surface area contributed by atoms with E-state index in [9.17, 15) is 9.90 Å². The minimum atomic E-state index is -1.07. The number of halogens is 2. The van der Waals surface area contributed by atoms with Gasteiger partial charge in [0.1, 0.15) is 0 Å². The highest BCUT2D eigenvalue weighted by Crippen LogP contribution is 2.41. The lowest BCUT2D eigenvalue weighted by molar-refractivity contribution is 0.0300. The van der Waals surface area contributed by atoms with Crippen LogP contribution in [0.1, 0.15) is 45.6 Å². The van der Waals surface area contributed by atoms with Crippen LogP contribution in [0.3, 0.4) is 0 Å². The predicted octanol–water partition coefficient (Wildman–Crippen LogP) is 5.51. The molecule has 1 heterocycles. The summed E-state index contributed by atoms with van der Waals surface area (Å²) in [7, 11) is 3.83. The van der Waals surface area contributed by atoms with E-state index >= 15 is 0 Å². The summed E-state index contributed by atoms with van der Waals surface area (Å²) in [5, 5.41) is 12.3. The largest absolute Gasteiger partial charge is 0.384 e. The number of fused-ring (bicyclic) bond motifs is 1. The molecule has 0 radical (unpaired) electrons. The highest BCUT2D eigenvalue weighted by molar-refractivity contribution is 6.30. The normalized spacial score (nSPS) is 17.5. The molecule has 0 aliphatic carbocycles. The molecule has 0 aromatic heterocycles. The molecule has 4 nitrogen and oxygen atoms in total. The molecule has 0 saturated carbocycles. The molecule has 3 aromatic carbocycles. The van der Waals surface area contributed by atoms with Gasteiger partial charge in [0.15, 0.2) is 0 Å². The van der Waals surface area contributed by atoms with Gasteiger partial charge in [-0.25, -0.2) is 0 Å². The Hall–Kier alpha value is -2.37. The van der Waals surface area contributed by atoms with Gasteiger partial charge in [0, 0.05) is 28.7 Å². The molecule has 0 fully saturated rings. The van der Waals surface area contributed by atoms with Crippen molar-refractivity contribution in [3.63, 3.8) is 0 Å². The molecule has 3 aromatic rings. The summed E-state index contributed by atoms with van der Waals surface area (Å²) in [5.41, 5.74) is 3.18. The van der Waals surface area contributed by atoms with Crippen molar-refractivity contribution in [3.8, 4) is 0 Å². The first-order valence-corrected chi connectivity index (χ1v) is 11.2. The summed E-state index contributed by atoms with van der Waals surface area (Å²) in [6.07, 6.45) is 0. The van der Waals surface area contributed by atoms with Crippen LogP contribution >= 0.6 is 23.2 Å². The van der Waals surface area contributed by atoms with Gasteiger partial charge in [-0.2, -0.15) is 0 Å². The summed E-state index contributed by atoms with van der Waals surface area (Å²) in [5.74, 6) is -0.0580. The number of amides is 1. The van der Waals surface area contributed by atoms with Crippen LogP contribution < -0.4 is 0 Å². The lowest BCUT2D eigenvalue weighted by Gasteiger charge is -2.28. The van der Waals surface area contributed by atoms with Gasteiger partial charge in [-0.3, -0.25) is 4.79 Å². The van der Waals surface area contributed by atoms with Crippen molar-refractivity contribution in [3.05, 3.63) is 105 Å². The third-order valence-electron chi connectivity index (χ3n) is 5.85. The van der Waals surface area contributed by atoms with Crippen LogP contribution in [0.15, 0.2) is 66.7 Å². The Morgan fingerprint density at radius 1 is 0.969 bits per heavy atom. The Labute approximate surface area is 199 Å². The van der Waals surface area contributed by atoms with E-state index in [1.165, 1.54) is 0 Å². The first-order chi connectivity index (χ1) is 15.2. The maximum Gasteiger partial charge on any atom is 0.255 e. The molecule has 6 heteroatoms. The van der Waals surface area contributed by atoms with Crippen molar-refractivity contribution >= 4 is 29.1 Å². The molecule has 1 amide bonds. The van der Waals surface area contributed by atoms with Crippen LogP contribution in [0.25, 0.3) is 0 Å². The third kappa shape index (κ3) is 4.55. The van der Waals surface area contributed by atoms with Gasteiger partial charge in [0.25, 0.3) is 5.91 Å². The third-order valence-corrected chi connectivity index (χ3v) is 6.35. The van der Waals surface area contributed by atoms with Gasteiger partial charge in [0.2, 0.25) is 0 Å². The zero-order chi connectivity index (χ0) is 23.0. The minimum Gasteiger partial charge on any atom is -0.384 e. The van der Waals surface area contributed by atoms with Gasteiger partial charge < -0.3 is 14.9 Å². The van der Waals surface area contributed by atoms with Gasteiger partial charge in [0.05, 0.1) is 11.6 Å². The molecule has 2 atom stereocenters. The van der Waals surface area contributed by atoms with E-state index in [4.69, 9.17) is 23.2 Å². The zero-order valence-corrected chi connectivity index (χ0v) is 19.9. The second-order valence-corrected chi connectivity index (χ2v) is 9.70. The number of rotatable bonds is 6. The molecule has 32 heavy (non-hydrogen) atoms. The second kappa shape index (κ2) is 8.87. The summed E-state index contributed by atoms with van der Waals surface area (Å²) in [6.45, 7) is 2.67. The first kappa shape index (κ1) is 22.8. The highest BCUT2D eigenvalue weighted by Gasteiger charge is 2.39. The summed E-state index contributed by atoms with van der Waals surface area (Å²) in [4.78, 5) is 17.4. The van der Waals surface area contributed by atoms with Crippen LogP contribution in [0.2, 0.25) is 10.0 Å². The quantitative estimate of drug-likeness (QED) is 0.518. The fourth-order valence-electron chi connectivity index (χ4n) is 4.42. The summed E-state index contributed by atoms with van der Waals surface area (Å²) in [6, 6.07) is 20.6. The Morgan fingerprint density at radius 3 is 2.16 bits per heavy atom. The van der Waals surface area contributed by atoms with Crippen LogP contribution in [-0.2, 0) is 12.1 Å². The molecule has 1 N–H and O–H groups in total. The van der Waals surface area contributed by atoms with Crippen LogP contribution in [0.4, 0.5) is 0 Å². The molecule has 0 bridgehead atoms. The average molecular weight is 469 g/mol. The smallest absolute Gasteiger partial charge is 0.255 e. The van der Waals surface area contributed by atoms with Crippen molar-refractivity contribution < 1.29 is 9.90 Å². The summed E-state index contributed by atoms with van der Waals surface area (Å²) < 4.78 is 0. The van der Waals surface area contributed by atoms with Crippen molar-refractivity contribution in [2.24, 2.45) is 0 Å². The SMILES string of the molecule is CN(C)CC(C)(O)c1ccc2c(c1)C(=O)N(Cc1ccc(Cl)cc1)C2c1ccc(Cl)cc1. The maximum atomic E-state index is 13.6.